The number of pyridine rings is 1. The first kappa shape index (κ1) is 23.5. The minimum Gasteiger partial charge on any atom is -0.398 e. The van der Waals surface area contributed by atoms with Gasteiger partial charge in [0.05, 0.1) is 17.3 Å². The number of aromatic nitrogens is 5. The predicted octanol–water partition coefficient (Wildman–Crippen LogP) is 5.17. The normalized spacial score (nSPS) is 13.9. The van der Waals surface area contributed by atoms with E-state index in [1.807, 2.05) is 52.6 Å². The van der Waals surface area contributed by atoms with E-state index in [0.29, 0.717) is 29.1 Å². The van der Waals surface area contributed by atoms with Crippen LogP contribution in [0.2, 0.25) is 0 Å². The first-order chi connectivity index (χ1) is 18.0. The monoisotopic (exact) mass is 511 g/mol. The number of hydrogen-bond acceptors (Lipinski definition) is 7. The second-order valence-electron chi connectivity index (χ2n) is 9.58. The Balaban J connectivity index is 1.54. The van der Waals surface area contributed by atoms with Crippen LogP contribution in [0.1, 0.15) is 43.5 Å². The molecular formula is C28H29N7OS. The molecule has 1 aliphatic rings. The van der Waals surface area contributed by atoms with Crippen LogP contribution in [-0.2, 0) is 6.54 Å². The van der Waals surface area contributed by atoms with Crippen molar-refractivity contribution in [2.75, 3.05) is 17.2 Å². The van der Waals surface area contributed by atoms with E-state index in [2.05, 4.69) is 23.0 Å². The Hall–Kier alpha value is -3.85. The summed E-state index contributed by atoms with van der Waals surface area (Å²) in [7, 11) is 0. The summed E-state index contributed by atoms with van der Waals surface area (Å²) in [5.41, 5.74) is 17.5. The third kappa shape index (κ3) is 3.94. The second-order valence-corrected chi connectivity index (χ2v) is 10.9. The molecule has 1 fully saturated rings. The van der Waals surface area contributed by atoms with E-state index in [1.54, 1.807) is 11.8 Å². The van der Waals surface area contributed by atoms with Gasteiger partial charge in [0, 0.05) is 27.9 Å². The molecule has 188 valence electrons. The molecule has 0 radical (unpaired) electrons. The lowest BCUT2D eigenvalue weighted by Gasteiger charge is -2.30. The first-order valence-corrected chi connectivity index (χ1v) is 13.6. The Morgan fingerprint density at radius 3 is 2.68 bits per heavy atom. The highest BCUT2D eigenvalue weighted by molar-refractivity contribution is 7.99. The van der Waals surface area contributed by atoms with E-state index in [-0.39, 0.29) is 11.6 Å². The van der Waals surface area contributed by atoms with Gasteiger partial charge in [-0.2, -0.15) is 5.10 Å². The van der Waals surface area contributed by atoms with Gasteiger partial charge in [-0.25, -0.2) is 14.6 Å². The predicted molar refractivity (Wildman–Crippen MR) is 151 cm³/mol. The van der Waals surface area contributed by atoms with Gasteiger partial charge in [-0.3, -0.25) is 4.79 Å². The topological polar surface area (TPSA) is 118 Å². The summed E-state index contributed by atoms with van der Waals surface area (Å²) in [6.07, 6.45) is 4.61. The van der Waals surface area contributed by atoms with Gasteiger partial charge in [0.15, 0.2) is 5.65 Å². The van der Waals surface area contributed by atoms with Gasteiger partial charge in [-0.15, -0.1) is 11.8 Å². The number of hydrogen-bond donors (Lipinski definition) is 2. The van der Waals surface area contributed by atoms with Crippen molar-refractivity contribution in [1.29, 1.82) is 0 Å². The Labute approximate surface area is 218 Å². The second kappa shape index (κ2) is 9.23. The number of fused-ring (bicyclic) bond motifs is 2. The van der Waals surface area contributed by atoms with Gasteiger partial charge >= 0.3 is 0 Å². The Morgan fingerprint density at radius 2 is 1.92 bits per heavy atom. The quantitative estimate of drug-likeness (QED) is 0.239. The van der Waals surface area contributed by atoms with Crippen LogP contribution in [-0.4, -0.2) is 30.1 Å². The Morgan fingerprint density at radius 1 is 1.08 bits per heavy atom. The fraction of sp³-hybridized carbons (Fsp3) is 0.286. The number of benzene rings is 2. The molecule has 1 aliphatic carbocycles. The molecule has 9 heteroatoms. The van der Waals surface area contributed by atoms with Gasteiger partial charge in [0.2, 0.25) is 0 Å². The molecule has 0 atom stereocenters. The number of nitrogens with two attached hydrogens (primary N) is 2. The molecule has 3 aromatic heterocycles. The van der Waals surface area contributed by atoms with Crippen LogP contribution in [0.15, 0.2) is 58.5 Å². The number of nitrogens with zero attached hydrogens (tertiary/aromatic N) is 5. The zero-order valence-corrected chi connectivity index (χ0v) is 21.8. The summed E-state index contributed by atoms with van der Waals surface area (Å²) in [4.78, 5) is 23.6. The van der Waals surface area contributed by atoms with Gasteiger partial charge in [0.1, 0.15) is 17.8 Å². The minimum atomic E-state index is 0.0703. The maximum Gasteiger partial charge on any atom is 0.259 e. The standard InChI is InChI=1S/C28H29N7OS/c1-3-37-22-13-18(10-11-21(22)29)25-24-26(30)31-15-32-27(24)34(33-25)14-20-12-17-7-4-6-16(2)23(17)28(36)35(20)19-8-5-9-19/h4,6-7,10-13,15,19H,3,5,8-9,14,29H2,1-2H3,(H2,30,31,32). The van der Waals surface area contributed by atoms with Gasteiger partial charge in [0.25, 0.3) is 5.56 Å². The summed E-state index contributed by atoms with van der Waals surface area (Å²) in [5, 5.41) is 7.43. The third-order valence-corrected chi connectivity index (χ3v) is 8.22. The number of rotatable bonds is 6. The SMILES string of the molecule is CCSc1cc(-c2nn(Cc3cc4cccc(C)c4c(=O)n3C3CCC3)c3ncnc(N)c23)ccc1N. The van der Waals surface area contributed by atoms with Crippen LogP contribution < -0.4 is 17.0 Å². The van der Waals surface area contributed by atoms with Crippen molar-refractivity contribution < 1.29 is 0 Å². The number of aryl methyl sites for hydroxylation is 1. The van der Waals surface area contributed by atoms with Crippen LogP contribution in [0.3, 0.4) is 0 Å². The number of anilines is 2. The van der Waals surface area contributed by atoms with Crippen molar-refractivity contribution in [2.24, 2.45) is 0 Å². The molecule has 5 aromatic rings. The molecule has 1 saturated carbocycles. The van der Waals surface area contributed by atoms with Crippen LogP contribution in [0, 0.1) is 6.92 Å². The lowest BCUT2D eigenvalue weighted by molar-refractivity contribution is 0.298. The largest absolute Gasteiger partial charge is 0.398 e. The zero-order valence-electron chi connectivity index (χ0n) is 20.9. The maximum absolute atomic E-state index is 13.7. The highest BCUT2D eigenvalue weighted by Gasteiger charge is 2.26. The molecule has 0 spiro atoms. The number of thioether (sulfide) groups is 1. The number of nitrogen functional groups attached to an aromatic ring is 2. The Bertz CT molecular complexity index is 1720. The summed E-state index contributed by atoms with van der Waals surface area (Å²) in [6.45, 7) is 4.49. The fourth-order valence-corrected chi connectivity index (χ4v) is 5.98. The molecule has 3 heterocycles. The molecule has 0 bridgehead atoms. The molecule has 0 aliphatic heterocycles. The zero-order chi connectivity index (χ0) is 25.7. The summed E-state index contributed by atoms with van der Waals surface area (Å²) in [6, 6.07) is 14.2. The summed E-state index contributed by atoms with van der Waals surface area (Å²) in [5.74, 6) is 1.28. The summed E-state index contributed by atoms with van der Waals surface area (Å²) < 4.78 is 3.83. The van der Waals surface area contributed by atoms with Crippen molar-refractivity contribution in [3.05, 3.63) is 70.4 Å². The van der Waals surface area contributed by atoms with Crippen molar-refractivity contribution in [1.82, 2.24) is 24.3 Å². The van der Waals surface area contributed by atoms with E-state index < -0.39 is 0 Å². The smallest absolute Gasteiger partial charge is 0.259 e. The van der Waals surface area contributed by atoms with Crippen LogP contribution >= 0.6 is 11.8 Å². The molecule has 2 aromatic carbocycles. The lowest BCUT2D eigenvalue weighted by atomic mass is 9.91. The van der Waals surface area contributed by atoms with Crippen LogP contribution in [0.5, 0.6) is 0 Å². The first-order valence-electron chi connectivity index (χ1n) is 12.6. The van der Waals surface area contributed by atoms with Crippen LogP contribution in [0.25, 0.3) is 33.1 Å². The highest BCUT2D eigenvalue weighted by atomic mass is 32.2. The Kier molecular flexibility index (Phi) is 5.87. The molecule has 0 saturated heterocycles. The average molecular weight is 512 g/mol. The molecule has 8 nitrogen and oxygen atoms in total. The van der Waals surface area contributed by atoms with Crippen molar-refractivity contribution in [2.45, 2.75) is 50.6 Å². The van der Waals surface area contributed by atoms with Crippen molar-refractivity contribution >= 4 is 45.1 Å². The molecule has 0 unspecified atom stereocenters. The lowest BCUT2D eigenvalue weighted by Crippen LogP contribution is -2.32. The molecule has 4 N–H and O–H groups in total. The van der Waals surface area contributed by atoms with Crippen LogP contribution in [0.4, 0.5) is 11.5 Å². The molecular weight excluding hydrogens is 482 g/mol. The fourth-order valence-electron chi connectivity index (χ4n) is 5.23. The van der Waals surface area contributed by atoms with E-state index in [0.717, 1.165) is 63.2 Å². The molecule has 37 heavy (non-hydrogen) atoms. The maximum atomic E-state index is 13.7. The van der Waals surface area contributed by atoms with Gasteiger partial charge in [-0.1, -0.05) is 31.2 Å². The van der Waals surface area contributed by atoms with E-state index in [9.17, 15) is 4.79 Å². The molecule has 6 rings (SSSR count). The summed E-state index contributed by atoms with van der Waals surface area (Å²) >= 11 is 1.69. The van der Waals surface area contributed by atoms with E-state index in [1.165, 1.54) is 6.33 Å². The van der Waals surface area contributed by atoms with E-state index in [4.69, 9.17) is 16.6 Å². The van der Waals surface area contributed by atoms with Gasteiger partial charge < -0.3 is 16.0 Å². The van der Waals surface area contributed by atoms with Crippen molar-refractivity contribution in [3.63, 3.8) is 0 Å². The average Bonchev–Trinajstić information content (AvgIpc) is 3.21. The highest BCUT2D eigenvalue weighted by Crippen LogP contribution is 2.36. The third-order valence-electron chi connectivity index (χ3n) is 7.27. The van der Waals surface area contributed by atoms with Gasteiger partial charge in [-0.05, 0) is 61.1 Å². The minimum absolute atomic E-state index is 0.0703. The van der Waals surface area contributed by atoms with Crippen molar-refractivity contribution in [3.8, 4) is 11.3 Å². The van der Waals surface area contributed by atoms with E-state index >= 15 is 0 Å². The molecule has 0 amide bonds.